The number of carbonyl (C=O) groups is 2. The molecule has 0 radical (unpaired) electrons. The smallest absolute Gasteiger partial charge is 0.414 e. The summed E-state index contributed by atoms with van der Waals surface area (Å²) in [6, 6.07) is 6.30. The van der Waals surface area contributed by atoms with E-state index in [0.717, 1.165) is 0 Å². The van der Waals surface area contributed by atoms with Gasteiger partial charge in [-0.05, 0) is 29.4 Å². The van der Waals surface area contributed by atoms with E-state index in [-0.39, 0.29) is 18.6 Å². The molecule has 2 amide bonds. The lowest BCUT2D eigenvalue weighted by atomic mass is 10.2. The molecule has 1 aliphatic heterocycles. The van der Waals surface area contributed by atoms with Crippen LogP contribution in [-0.2, 0) is 9.53 Å². The molecule has 0 aromatic heterocycles. The van der Waals surface area contributed by atoms with Crippen molar-refractivity contribution in [1.82, 2.24) is 5.32 Å². The van der Waals surface area contributed by atoms with Crippen molar-refractivity contribution in [1.29, 1.82) is 0 Å². The van der Waals surface area contributed by atoms with Crippen molar-refractivity contribution in [3.05, 3.63) is 29.2 Å². The van der Waals surface area contributed by atoms with Crippen LogP contribution in [0.25, 0.3) is 0 Å². The van der Waals surface area contributed by atoms with Crippen molar-refractivity contribution in [3.63, 3.8) is 0 Å². The van der Waals surface area contributed by atoms with E-state index in [9.17, 15) is 14.5 Å². The predicted octanol–water partition coefficient (Wildman–Crippen LogP) is 1.55. The standard InChI is InChI=1S/C12H13N3O4/c1-8(16)13-6-11-7-15(12(17)19-11)10-4-2-9(14-18)3-5-10/h2-5,11H,6-7H2,1H3,(H,13,16)/t11-/m0/s1. The lowest BCUT2D eigenvalue weighted by Gasteiger charge is -2.12. The number of nitrogens with one attached hydrogen (secondary N) is 1. The fourth-order valence-electron chi connectivity index (χ4n) is 1.79. The van der Waals surface area contributed by atoms with Crippen LogP contribution in [0.3, 0.4) is 0 Å². The van der Waals surface area contributed by atoms with Crippen LogP contribution in [0.2, 0.25) is 0 Å². The van der Waals surface area contributed by atoms with Crippen LogP contribution in [0.1, 0.15) is 6.92 Å². The number of nitroso groups, excluding NO2 is 1. The van der Waals surface area contributed by atoms with Gasteiger partial charge in [0.2, 0.25) is 5.91 Å². The molecular formula is C12H13N3O4. The van der Waals surface area contributed by atoms with Crippen molar-refractivity contribution in [2.45, 2.75) is 13.0 Å². The topological polar surface area (TPSA) is 88.1 Å². The van der Waals surface area contributed by atoms with Crippen LogP contribution in [-0.4, -0.2) is 31.2 Å². The maximum absolute atomic E-state index is 11.7. The highest BCUT2D eigenvalue weighted by atomic mass is 16.6. The summed E-state index contributed by atoms with van der Waals surface area (Å²) in [4.78, 5) is 34.2. The summed E-state index contributed by atoms with van der Waals surface area (Å²) < 4.78 is 5.12. The quantitative estimate of drug-likeness (QED) is 0.834. The second-order valence-corrected chi connectivity index (χ2v) is 4.16. The van der Waals surface area contributed by atoms with E-state index in [0.29, 0.717) is 17.9 Å². The Kier molecular flexibility index (Phi) is 3.74. The summed E-state index contributed by atoms with van der Waals surface area (Å²) in [5, 5.41) is 5.39. The van der Waals surface area contributed by atoms with E-state index >= 15 is 0 Å². The molecule has 0 unspecified atom stereocenters. The first-order valence-corrected chi connectivity index (χ1v) is 5.76. The number of benzene rings is 1. The number of amides is 2. The van der Waals surface area contributed by atoms with Gasteiger partial charge in [-0.1, -0.05) is 0 Å². The number of hydrogen-bond acceptors (Lipinski definition) is 5. The highest BCUT2D eigenvalue weighted by molar-refractivity contribution is 5.90. The molecule has 1 aromatic rings. The Hall–Kier alpha value is -2.44. The minimum atomic E-state index is -0.470. The van der Waals surface area contributed by atoms with E-state index in [2.05, 4.69) is 10.5 Å². The maximum Gasteiger partial charge on any atom is 0.414 e. The summed E-state index contributed by atoms with van der Waals surface area (Å²) in [6.07, 6.45) is -0.845. The fourth-order valence-corrected chi connectivity index (χ4v) is 1.79. The van der Waals surface area contributed by atoms with E-state index in [1.165, 1.54) is 24.0 Å². The number of cyclic esters (lactones) is 1. The van der Waals surface area contributed by atoms with Gasteiger partial charge < -0.3 is 10.1 Å². The monoisotopic (exact) mass is 263 g/mol. The summed E-state index contributed by atoms with van der Waals surface area (Å²) in [7, 11) is 0. The Bertz CT molecular complexity index is 500. The molecule has 7 heteroatoms. The number of rotatable bonds is 4. The number of ether oxygens (including phenoxy) is 1. The van der Waals surface area contributed by atoms with Gasteiger partial charge in [-0.2, -0.15) is 0 Å². The molecule has 1 fully saturated rings. The normalized spacial score (nSPS) is 18.1. The van der Waals surface area contributed by atoms with E-state index in [4.69, 9.17) is 4.74 Å². The summed E-state index contributed by atoms with van der Waals surface area (Å²) in [6.45, 7) is 2.04. The third-order valence-corrected chi connectivity index (χ3v) is 2.72. The highest BCUT2D eigenvalue weighted by Gasteiger charge is 2.32. The molecule has 19 heavy (non-hydrogen) atoms. The van der Waals surface area contributed by atoms with E-state index in [1.807, 2.05) is 0 Å². The first-order valence-electron chi connectivity index (χ1n) is 5.76. The van der Waals surface area contributed by atoms with Crippen LogP contribution in [0.15, 0.2) is 29.4 Å². The van der Waals surface area contributed by atoms with Crippen molar-refractivity contribution in [2.75, 3.05) is 18.0 Å². The van der Waals surface area contributed by atoms with Crippen molar-refractivity contribution in [2.24, 2.45) is 5.18 Å². The Labute approximate surface area is 109 Å². The first-order chi connectivity index (χ1) is 9.10. The molecule has 1 heterocycles. The van der Waals surface area contributed by atoms with Gasteiger partial charge in [0.25, 0.3) is 0 Å². The zero-order valence-electron chi connectivity index (χ0n) is 10.3. The average molecular weight is 263 g/mol. The summed E-state index contributed by atoms with van der Waals surface area (Å²) >= 11 is 0. The lowest BCUT2D eigenvalue weighted by Crippen LogP contribution is -2.33. The number of carbonyl (C=O) groups excluding carboxylic acids is 2. The molecule has 1 N–H and O–H groups in total. The number of anilines is 1. The first kappa shape index (κ1) is 13.0. The van der Waals surface area contributed by atoms with Gasteiger partial charge >= 0.3 is 6.09 Å². The second kappa shape index (κ2) is 5.47. The predicted molar refractivity (Wildman–Crippen MR) is 68.2 cm³/mol. The Morgan fingerprint density at radius 3 is 2.74 bits per heavy atom. The van der Waals surface area contributed by atoms with Gasteiger partial charge in [-0.3, -0.25) is 9.69 Å². The van der Waals surface area contributed by atoms with Gasteiger partial charge in [-0.15, -0.1) is 4.91 Å². The Morgan fingerprint density at radius 2 is 2.16 bits per heavy atom. The fraction of sp³-hybridized carbons (Fsp3) is 0.333. The van der Waals surface area contributed by atoms with Gasteiger partial charge in [0.15, 0.2) is 0 Å². The zero-order chi connectivity index (χ0) is 13.8. The van der Waals surface area contributed by atoms with Crippen molar-refractivity contribution < 1.29 is 14.3 Å². The molecule has 0 aliphatic carbocycles. The van der Waals surface area contributed by atoms with Crippen molar-refractivity contribution in [3.8, 4) is 0 Å². The van der Waals surface area contributed by atoms with Crippen molar-refractivity contribution >= 4 is 23.4 Å². The summed E-state index contributed by atoms with van der Waals surface area (Å²) in [5.74, 6) is -0.170. The molecular weight excluding hydrogens is 250 g/mol. The highest BCUT2D eigenvalue weighted by Crippen LogP contribution is 2.24. The molecule has 1 atom stereocenters. The number of hydrogen-bond donors (Lipinski definition) is 1. The molecule has 1 saturated heterocycles. The molecule has 2 rings (SSSR count). The van der Waals surface area contributed by atoms with Gasteiger partial charge in [0, 0.05) is 12.6 Å². The largest absolute Gasteiger partial charge is 0.442 e. The van der Waals surface area contributed by atoms with Gasteiger partial charge in [-0.25, -0.2) is 4.79 Å². The average Bonchev–Trinajstić information content (AvgIpc) is 2.78. The van der Waals surface area contributed by atoms with Gasteiger partial charge in [0.05, 0.1) is 13.1 Å². The molecule has 1 aliphatic rings. The summed E-state index contributed by atoms with van der Waals surface area (Å²) in [5.41, 5.74) is 0.925. The zero-order valence-corrected chi connectivity index (χ0v) is 10.3. The minimum Gasteiger partial charge on any atom is -0.442 e. The third kappa shape index (κ3) is 3.06. The molecule has 0 saturated carbocycles. The molecule has 1 aromatic carbocycles. The second-order valence-electron chi connectivity index (χ2n) is 4.16. The van der Waals surface area contributed by atoms with Crippen LogP contribution < -0.4 is 10.2 Å². The molecule has 100 valence electrons. The molecule has 7 nitrogen and oxygen atoms in total. The van der Waals surface area contributed by atoms with E-state index in [1.54, 1.807) is 12.1 Å². The van der Waals surface area contributed by atoms with Crippen LogP contribution in [0, 0.1) is 4.91 Å². The molecule has 0 spiro atoms. The molecule has 0 bridgehead atoms. The van der Waals surface area contributed by atoms with Crippen LogP contribution in [0.5, 0.6) is 0 Å². The van der Waals surface area contributed by atoms with E-state index < -0.39 is 6.09 Å². The lowest BCUT2D eigenvalue weighted by molar-refractivity contribution is -0.119. The Morgan fingerprint density at radius 1 is 1.47 bits per heavy atom. The minimum absolute atomic E-state index is 0.170. The van der Waals surface area contributed by atoms with Crippen LogP contribution >= 0.6 is 0 Å². The maximum atomic E-state index is 11.7. The van der Waals surface area contributed by atoms with Crippen LogP contribution in [0.4, 0.5) is 16.2 Å². The van der Waals surface area contributed by atoms with Gasteiger partial charge in [0.1, 0.15) is 11.8 Å². The SMILES string of the molecule is CC(=O)NC[C@H]1CN(c2ccc(N=O)cc2)C(=O)O1. The third-order valence-electron chi connectivity index (χ3n) is 2.72. The number of nitrogens with zero attached hydrogens (tertiary/aromatic N) is 2. The Balaban J connectivity index is 2.02.